The summed E-state index contributed by atoms with van der Waals surface area (Å²) in [7, 11) is 3.29. The Hall–Kier alpha value is -2.81. The maximum absolute atomic E-state index is 12.6. The molecule has 0 radical (unpaired) electrons. The molecule has 0 fully saturated rings. The van der Waals surface area contributed by atoms with Gasteiger partial charge in [-0.2, -0.15) is 13.2 Å². The van der Waals surface area contributed by atoms with E-state index in [9.17, 15) is 13.2 Å². The molecule has 1 aromatic heterocycles. The van der Waals surface area contributed by atoms with Crippen LogP contribution in [0.2, 0.25) is 0 Å². The number of nitrogens with one attached hydrogen (secondary N) is 2. The van der Waals surface area contributed by atoms with E-state index in [4.69, 9.17) is 4.74 Å². The molecule has 3 rings (SSSR count). The molecule has 1 heterocycles. The van der Waals surface area contributed by atoms with Crippen LogP contribution in [0.25, 0.3) is 10.8 Å². The van der Waals surface area contributed by atoms with Crippen molar-refractivity contribution in [2.75, 3.05) is 20.7 Å². The quantitative estimate of drug-likeness (QED) is 0.461. The number of halogens is 3. The number of aliphatic imine (C=N–C) groups is 1. The van der Waals surface area contributed by atoms with Gasteiger partial charge in [-0.1, -0.05) is 18.2 Å². The molecule has 0 saturated carbocycles. The highest BCUT2D eigenvalue weighted by Gasteiger charge is 2.33. The fraction of sp³-hybridized carbons (Fsp3) is 0.300. The lowest BCUT2D eigenvalue weighted by atomic mass is 10.1. The van der Waals surface area contributed by atoms with E-state index in [1.54, 1.807) is 14.2 Å². The van der Waals surface area contributed by atoms with Crippen LogP contribution in [0.5, 0.6) is 5.75 Å². The van der Waals surface area contributed by atoms with Crippen molar-refractivity contribution in [3.63, 3.8) is 0 Å². The molecule has 0 atom stereocenters. The highest BCUT2D eigenvalue weighted by atomic mass is 32.1. The molecule has 0 amide bonds. The number of hydrogen-bond acceptors (Lipinski definition) is 4. The van der Waals surface area contributed by atoms with Gasteiger partial charge in [-0.05, 0) is 34.5 Å². The van der Waals surface area contributed by atoms with Crippen molar-refractivity contribution in [2.45, 2.75) is 19.1 Å². The summed E-state index contributed by atoms with van der Waals surface area (Å²) in [6, 6.07) is 12.1. The van der Waals surface area contributed by atoms with Gasteiger partial charge in [-0.15, -0.1) is 11.3 Å². The first-order valence-corrected chi connectivity index (χ1v) is 9.80. The van der Waals surface area contributed by atoms with E-state index in [2.05, 4.69) is 26.7 Å². The number of rotatable bonds is 6. The summed E-state index contributed by atoms with van der Waals surface area (Å²) in [5, 5.41) is 9.98. The molecular formula is C20H21F3N4OS. The number of hydrogen-bond donors (Lipinski definition) is 2. The lowest BCUT2D eigenvalue weighted by molar-refractivity contribution is -0.140. The summed E-state index contributed by atoms with van der Waals surface area (Å²) < 4.78 is 43.0. The minimum atomic E-state index is -4.40. The van der Waals surface area contributed by atoms with Gasteiger partial charge in [0, 0.05) is 31.9 Å². The lowest BCUT2D eigenvalue weighted by Crippen LogP contribution is -2.37. The SMILES string of the molecule is CN=C(NCCc1nc(C(F)(F)F)cs1)NCc1ccc2cc(OC)ccc2c1. The molecule has 0 unspecified atom stereocenters. The van der Waals surface area contributed by atoms with E-state index in [1.165, 1.54) is 0 Å². The van der Waals surface area contributed by atoms with Gasteiger partial charge in [0.1, 0.15) is 5.75 Å². The van der Waals surface area contributed by atoms with Crippen LogP contribution in [0.1, 0.15) is 16.3 Å². The summed E-state index contributed by atoms with van der Waals surface area (Å²) in [6.07, 6.45) is -4.01. The zero-order valence-electron chi connectivity index (χ0n) is 16.0. The summed E-state index contributed by atoms with van der Waals surface area (Å²) >= 11 is 1.01. The number of aromatic nitrogens is 1. The highest BCUT2D eigenvalue weighted by Crippen LogP contribution is 2.30. The molecule has 0 saturated heterocycles. The summed E-state index contributed by atoms with van der Waals surface area (Å²) in [5.74, 6) is 1.39. The minimum absolute atomic E-state index is 0.388. The molecule has 0 spiro atoms. The van der Waals surface area contributed by atoms with Gasteiger partial charge in [0.15, 0.2) is 11.7 Å². The third kappa shape index (κ3) is 5.60. The van der Waals surface area contributed by atoms with Crippen LogP contribution in [0, 0.1) is 0 Å². The summed E-state index contributed by atoms with van der Waals surface area (Å²) in [4.78, 5) is 7.77. The molecule has 2 N–H and O–H groups in total. The Kier molecular flexibility index (Phi) is 6.58. The molecule has 0 aliphatic carbocycles. The Balaban J connectivity index is 1.51. The first-order chi connectivity index (χ1) is 13.9. The Morgan fingerprint density at radius 2 is 1.90 bits per heavy atom. The number of guanidine groups is 1. The Bertz CT molecular complexity index is 1000. The second-order valence-corrected chi connectivity index (χ2v) is 7.22. The predicted octanol–water partition coefficient (Wildman–Crippen LogP) is 4.23. The van der Waals surface area contributed by atoms with E-state index < -0.39 is 11.9 Å². The predicted molar refractivity (Wildman–Crippen MR) is 110 cm³/mol. The van der Waals surface area contributed by atoms with Gasteiger partial charge >= 0.3 is 6.18 Å². The van der Waals surface area contributed by atoms with Crippen LogP contribution < -0.4 is 15.4 Å². The van der Waals surface area contributed by atoms with Gasteiger partial charge in [0.2, 0.25) is 0 Å². The number of benzene rings is 2. The summed E-state index contributed by atoms with van der Waals surface area (Å²) in [6.45, 7) is 0.999. The standard InChI is InChI=1S/C20H21F3N4OS/c1-24-19(25-8-7-18-27-17(12-29-18)20(21,22)23)26-11-13-3-4-15-10-16(28-2)6-5-14(15)9-13/h3-6,9-10,12H,7-8,11H2,1-2H3,(H2,24,25,26). The number of ether oxygens (including phenoxy) is 1. The van der Waals surface area contributed by atoms with E-state index in [0.717, 1.165) is 38.8 Å². The van der Waals surface area contributed by atoms with E-state index >= 15 is 0 Å². The fourth-order valence-corrected chi connectivity index (χ4v) is 3.57. The number of fused-ring (bicyclic) bond motifs is 1. The Morgan fingerprint density at radius 1 is 1.14 bits per heavy atom. The van der Waals surface area contributed by atoms with Crippen LogP contribution in [0.4, 0.5) is 13.2 Å². The van der Waals surface area contributed by atoms with E-state index in [-0.39, 0.29) is 0 Å². The van der Waals surface area contributed by atoms with Crippen LogP contribution in [0.15, 0.2) is 46.8 Å². The van der Waals surface area contributed by atoms with Gasteiger partial charge in [0.05, 0.1) is 12.1 Å². The molecule has 0 aliphatic heterocycles. The smallest absolute Gasteiger partial charge is 0.434 e. The van der Waals surface area contributed by atoms with Crippen molar-refractivity contribution >= 4 is 28.1 Å². The van der Waals surface area contributed by atoms with Crippen LogP contribution in [-0.4, -0.2) is 31.6 Å². The highest BCUT2D eigenvalue weighted by molar-refractivity contribution is 7.09. The van der Waals surface area contributed by atoms with Crippen molar-refractivity contribution < 1.29 is 17.9 Å². The van der Waals surface area contributed by atoms with E-state index in [0.29, 0.717) is 30.5 Å². The van der Waals surface area contributed by atoms with Gasteiger partial charge < -0.3 is 15.4 Å². The largest absolute Gasteiger partial charge is 0.497 e. The maximum Gasteiger partial charge on any atom is 0.434 e. The minimum Gasteiger partial charge on any atom is -0.497 e. The molecule has 29 heavy (non-hydrogen) atoms. The second-order valence-electron chi connectivity index (χ2n) is 6.27. The third-order valence-corrected chi connectivity index (χ3v) is 5.18. The number of thiazole rings is 1. The topological polar surface area (TPSA) is 58.5 Å². The third-order valence-electron chi connectivity index (χ3n) is 4.27. The first-order valence-electron chi connectivity index (χ1n) is 8.92. The average Bonchev–Trinajstić information content (AvgIpc) is 3.19. The number of methoxy groups -OCH3 is 1. The summed E-state index contributed by atoms with van der Waals surface area (Å²) in [5.41, 5.74) is 0.245. The van der Waals surface area contributed by atoms with Crippen LogP contribution >= 0.6 is 11.3 Å². The van der Waals surface area contributed by atoms with Gasteiger partial charge in [-0.3, -0.25) is 4.99 Å². The maximum atomic E-state index is 12.6. The molecule has 9 heteroatoms. The van der Waals surface area contributed by atoms with Crippen LogP contribution in [0.3, 0.4) is 0 Å². The normalized spacial score (nSPS) is 12.2. The van der Waals surface area contributed by atoms with Crippen molar-refractivity contribution in [3.8, 4) is 5.75 Å². The number of alkyl halides is 3. The monoisotopic (exact) mass is 422 g/mol. The van der Waals surface area contributed by atoms with Gasteiger partial charge in [0.25, 0.3) is 0 Å². The zero-order chi connectivity index (χ0) is 20.9. The molecule has 154 valence electrons. The molecular weight excluding hydrogens is 401 g/mol. The first kappa shape index (κ1) is 20.9. The second kappa shape index (κ2) is 9.13. The van der Waals surface area contributed by atoms with Crippen LogP contribution in [-0.2, 0) is 19.1 Å². The Labute approximate surface area is 170 Å². The lowest BCUT2D eigenvalue weighted by Gasteiger charge is -2.12. The fourth-order valence-electron chi connectivity index (χ4n) is 2.76. The molecule has 0 aliphatic rings. The molecule has 0 bridgehead atoms. The number of nitrogens with zero attached hydrogens (tertiary/aromatic N) is 2. The zero-order valence-corrected chi connectivity index (χ0v) is 16.8. The van der Waals surface area contributed by atoms with Gasteiger partial charge in [-0.25, -0.2) is 4.98 Å². The average molecular weight is 422 g/mol. The van der Waals surface area contributed by atoms with Crippen molar-refractivity contribution in [1.82, 2.24) is 15.6 Å². The molecule has 2 aromatic carbocycles. The molecule has 5 nitrogen and oxygen atoms in total. The van der Waals surface area contributed by atoms with Crippen molar-refractivity contribution in [2.24, 2.45) is 4.99 Å². The molecule has 3 aromatic rings. The Morgan fingerprint density at radius 3 is 2.59 bits per heavy atom. The van der Waals surface area contributed by atoms with Crippen molar-refractivity contribution in [3.05, 3.63) is 58.0 Å². The van der Waals surface area contributed by atoms with E-state index in [1.807, 2.05) is 30.3 Å². The van der Waals surface area contributed by atoms with Crippen molar-refractivity contribution in [1.29, 1.82) is 0 Å².